The number of alkyl halides is 3. The van der Waals surface area contributed by atoms with Crippen LogP contribution in [0.15, 0.2) is 0 Å². The molecule has 2 heterocycles. The molecule has 0 radical (unpaired) electrons. The van der Waals surface area contributed by atoms with Gasteiger partial charge in [0.2, 0.25) is 0 Å². The molecule has 25 heavy (non-hydrogen) atoms. The number of fused-ring (bicyclic) bond motifs is 1. The number of likely N-dealkylation sites (tertiary alicyclic amines) is 1. The molecule has 0 bridgehead atoms. The molecule has 1 saturated carbocycles. The fourth-order valence-electron chi connectivity index (χ4n) is 3.72. The van der Waals surface area contributed by atoms with Gasteiger partial charge in [-0.05, 0) is 44.9 Å². The van der Waals surface area contributed by atoms with Crippen LogP contribution in [-0.4, -0.2) is 67.7 Å². The van der Waals surface area contributed by atoms with E-state index in [2.05, 4.69) is 11.8 Å². The molecule has 146 valence electrons. The third kappa shape index (κ3) is 6.11. The van der Waals surface area contributed by atoms with Crippen molar-refractivity contribution in [3.63, 3.8) is 0 Å². The van der Waals surface area contributed by atoms with Crippen LogP contribution in [0.3, 0.4) is 0 Å². The maximum atomic E-state index is 10.6. The normalized spacial score (nSPS) is 30.2. The molecular weight excluding hydrogens is 339 g/mol. The summed E-state index contributed by atoms with van der Waals surface area (Å²) in [5.41, 5.74) is 0.293. The summed E-state index contributed by atoms with van der Waals surface area (Å²) in [4.78, 5) is 11.6. The van der Waals surface area contributed by atoms with E-state index >= 15 is 0 Å². The topological polar surface area (TPSA) is 59.0 Å². The van der Waals surface area contributed by atoms with Crippen LogP contribution in [0.1, 0.15) is 39.0 Å². The van der Waals surface area contributed by atoms with E-state index in [1.54, 1.807) is 0 Å². The van der Waals surface area contributed by atoms with Crippen LogP contribution in [0, 0.1) is 11.3 Å². The van der Waals surface area contributed by atoms with Gasteiger partial charge in [-0.25, -0.2) is 4.79 Å². The van der Waals surface area contributed by atoms with Gasteiger partial charge in [-0.1, -0.05) is 0 Å². The molecule has 5 nitrogen and oxygen atoms in total. The van der Waals surface area contributed by atoms with Crippen molar-refractivity contribution in [2.45, 2.75) is 51.3 Å². The van der Waals surface area contributed by atoms with Crippen molar-refractivity contribution in [3.05, 3.63) is 0 Å². The van der Waals surface area contributed by atoms with Crippen LogP contribution < -0.4 is 0 Å². The highest BCUT2D eigenvalue weighted by Crippen LogP contribution is 2.41. The number of ether oxygens (including phenoxy) is 2. The molecule has 3 fully saturated rings. The van der Waals surface area contributed by atoms with Gasteiger partial charge in [-0.15, -0.1) is 0 Å². The van der Waals surface area contributed by atoms with Crippen LogP contribution in [0.25, 0.3) is 0 Å². The third-order valence-electron chi connectivity index (χ3n) is 5.12. The molecule has 0 aromatic carbocycles. The van der Waals surface area contributed by atoms with Gasteiger partial charge in [-0.3, -0.25) is 0 Å². The standard InChI is InChI=1S/C15H27NO2.C2HF3O2/c1-2-17-12-15-7-3-9-18-14(15)6-8-16(11-15)10-13-4-5-13;3-2(4,5)1(6)7/h13-14H,2-12H2,1H3;(H,6,7). The second kappa shape index (κ2) is 8.68. The average molecular weight is 367 g/mol. The summed E-state index contributed by atoms with van der Waals surface area (Å²) in [5.74, 6) is -1.76. The molecule has 0 amide bonds. The van der Waals surface area contributed by atoms with Crippen LogP contribution in [0.2, 0.25) is 0 Å². The van der Waals surface area contributed by atoms with E-state index < -0.39 is 12.1 Å². The Morgan fingerprint density at radius 3 is 2.60 bits per heavy atom. The van der Waals surface area contributed by atoms with E-state index in [0.29, 0.717) is 11.5 Å². The number of halogens is 3. The Labute approximate surface area is 146 Å². The number of hydrogen-bond acceptors (Lipinski definition) is 4. The largest absolute Gasteiger partial charge is 0.490 e. The zero-order valence-corrected chi connectivity index (χ0v) is 14.7. The second-order valence-corrected chi connectivity index (χ2v) is 7.23. The Bertz CT molecular complexity index is 442. The molecule has 2 saturated heterocycles. The Balaban J connectivity index is 0.000000277. The monoisotopic (exact) mass is 367 g/mol. The van der Waals surface area contributed by atoms with Crippen molar-refractivity contribution in [3.8, 4) is 0 Å². The highest BCUT2D eigenvalue weighted by atomic mass is 19.4. The lowest BCUT2D eigenvalue weighted by molar-refractivity contribution is -0.192. The first-order valence-corrected chi connectivity index (χ1v) is 8.98. The number of carbonyl (C=O) groups is 1. The number of carboxylic acid groups (broad SMARTS) is 1. The first-order chi connectivity index (χ1) is 11.8. The van der Waals surface area contributed by atoms with Crippen LogP contribution in [-0.2, 0) is 14.3 Å². The number of nitrogens with zero attached hydrogens (tertiary/aromatic N) is 1. The Morgan fingerprint density at radius 2 is 2.04 bits per heavy atom. The third-order valence-corrected chi connectivity index (χ3v) is 5.12. The zero-order chi connectivity index (χ0) is 18.5. The summed E-state index contributed by atoms with van der Waals surface area (Å²) in [6.07, 6.45) is 1.98. The van der Waals surface area contributed by atoms with Gasteiger partial charge in [0, 0.05) is 38.3 Å². The number of piperidine rings is 1. The number of aliphatic carboxylic acids is 1. The Kier molecular flexibility index (Phi) is 7.10. The van der Waals surface area contributed by atoms with Gasteiger partial charge in [0.05, 0.1) is 12.7 Å². The van der Waals surface area contributed by atoms with Crippen molar-refractivity contribution >= 4 is 5.97 Å². The van der Waals surface area contributed by atoms with E-state index in [-0.39, 0.29) is 0 Å². The maximum Gasteiger partial charge on any atom is 0.490 e. The molecule has 8 heteroatoms. The van der Waals surface area contributed by atoms with Crippen LogP contribution in [0.4, 0.5) is 13.2 Å². The molecule has 1 aliphatic carbocycles. The lowest BCUT2D eigenvalue weighted by Crippen LogP contribution is -2.57. The van der Waals surface area contributed by atoms with Gasteiger partial charge in [0.25, 0.3) is 0 Å². The van der Waals surface area contributed by atoms with Gasteiger partial charge in [0.1, 0.15) is 0 Å². The van der Waals surface area contributed by atoms with Crippen molar-refractivity contribution in [1.82, 2.24) is 4.90 Å². The van der Waals surface area contributed by atoms with Gasteiger partial charge in [0.15, 0.2) is 0 Å². The molecular formula is C17H28F3NO4. The van der Waals surface area contributed by atoms with Crippen molar-refractivity contribution in [1.29, 1.82) is 0 Å². The molecule has 0 aromatic rings. The smallest absolute Gasteiger partial charge is 0.475 e. The van der Waals surface area contributed by atoms with Crippen molar-refractivity contribution in [2.24, 2.45) is 11.3 Å². The molecule has 2 unspecified atom stereocenters. The second-order valence-electron chi connectivity index (χ2n) is 7.23. The van der Waals surface area contributed by atoms with Crippen LogP contribution in [0.5, 0.6) is 0 Å². The minimum absolute atomic E-state index is 0.293. The molecule has 3 rings (SSSR count). The summed E-state index contributed by atoms with van der Waals surface area (Å²) in [7, 11) is 0. The predicted octanol–water partition coefficient (Wildman–Crippen LogP) is 2.94. The van der Waals surface area contributed by atoms with E-state index in [0.717, 1.165) is 25.7 Å². The number of rotatable bonds is 5. The number of carboxylic acids is 1. The SMILES string of the molecule is CCOCC12CCCOC1CCN(CC1CC1)C2.O=C(O)C(F)(F)F. The highest BCUT2D eigenvalue weighted by Gasteiger charge is 2.46. The first-order valence-electron chi connectivity index (χ1n) is 8.98. The fraction of sp³-hybridized carbons (Fsp3) is 0.941. The molecule has 3 aliphatic rings. The highest BCUT2D eigenvalue weighted by molar-refractivity contribution is 5.73. The lowest BCUT2D eigenvalue weighted by atomic mass is 9.73. The summed E-state index contributed by atoms with van der Waals surface area (Å²) in [6, 6.07) is 0. The molecule has 1 N–H and O–H groups in total. The molecule has 2 aliphatic heterocycles. The molecule has 0 spiro atoms. The van der Waals surface area contributed by atoms with E-state index in [1.807, 2.05) is 0 Å². The minimum atomic E-state index is -5.08. The van der Waals surface area contributed by atoms with Crippen molar-refractivity contribution < 1.29 is 32.5 Å². The van der Waals surface area contributed by atoms with Gasteiger partial charge >= 0.3 is 12.1 Å². The fourth-order valence-corrected chi connectivity index (χ4v) is 3.72. The van der Waals surface area contributed by atoms with E-state index in [9.17, 15) is 13.2 Å². The Morgan fingerprint density at radius 1 is 1.36 bits per heavy atom. The van der Waals surface area contributed by atoms with E-state index in [4.69, 9.17) is 19.4 Å². The first kappa shape index (κ1) is 20.5. The zero-order valence-electron chi connectivity index (χ0n) is 14.7. The molecule has 2 atom stereocenters. The van der Waals surface area contributed by atoms with Gasteiger partial charge in [-0.2, -0.15) is 13.2 Å². The van der Waals surface area contributed by atoms with Gasteiger partial charge < -0.3 is 19.5 Å². The molecule has 0 aromatic heterocycles. The van der Waals surface area contributed by atoms with Crippen LogP contribution >= 0.6 is 0 Å². The van der Waals surface area contributed by atoms with Crippen molar-refractivity contribution in [2.75, 3.05) is 39.5 Å². The summed E-state index contributed by atoms with van der Waals surface area (Å²) < 4.78 is 43.6. The summed E-state index contributed by atoms with van der Waals surface area (Å²) in [5, 5.41) is 7.12. The summed E-state index contributed by atoms with van der Waals surface area (Å²) in [6.45, 7) is 8.54. The predicted molar refractivity (Wildman–Crippen MR) is 85.4 cm³/mol. The minimum Gasteiger partial charge on any atom is -0.475 e. The number of hydrogen-bond donors (Lipinski definition) is 1. The Hall–Kier alpha value is -0.860. The lowest BCUT2D eigenvalue weighted by Gasteiger charge is -2.50. The summed E-state index contributed by atoms with van der Waals surface area (Å²) >= 11 is 0. The maximum absolute atomic E-state index is 10.6. The average Bonchev–Trinajstić information content (AvgIpc) is 3.36. The quantitative estimate of drug-likeness (QED) is 0.810. The van der Waals surface area contributed by atoms with E-state index in [1.165, 1.54) is 51.7 Å².